The second-order valence-electron chi connectivity index (χ2n) is 5.04. The van der Waals surface area contributed by atoms with Crippen molar-refractivity contribution in [1.29, 1.82) is 0 Å². The average molecular weight is 353 g/mol. The van der Waals surface area contributed by atoms with Crippen molar-refractivity contribution >= 4 is 10.0 Å². The average Bonchev–Trinajstić information content (AvgIpc) is 2.56. The van der Waals surface area contributed by atoms with Crippen molar-refractivity contribution in [2.75, 3.05) is 20.3 Å². The van der Waals surface area contributed by atoms with Gasteiger partial charge in [-0.2, -0.15) is 0 Å². The lowest BCUT2D eigenvalue weighted by Crippen LogP contribution is -2.29. The fraction of sp³-hybridized carbons (Fsp3) is 0.294. The number of sulfonamides is 1. The van der Waals surface area contributed by atoms with Crippen LogP contribution in [0.2, 0.25) is 0 Å². The van der Waals surface area contributed by atoms with Crippen molar-refractivity contribution in [3.05, 3.63) is 59.9 Å². The van der Waals surface area contributed by atoms with E-state index in [4.69, 9.17) is 9.47 Å². The molecule has 130 valence electrons. The van der Waals surface area contributed by atoms with Gasteiger partial charge < -0.3 is 9.47 Å². The Morgan fingerprint density at radius 2 is 1.88 bits per heavy atom. The normalized spacial score (nSPS) is 12.8. The Morgan fingerprint density at radius 3 is 2.46 bits per heavy atom. The Kier molecular flexibility index (Phi) is 6.30. The number of hydrogen-bond acceptors (Lipinski definition) is 4. The van der Waals surface area contributed by atoms with E-state index in [2.05, 4.69) is 4.72 Å². The van der Waals surface area contributed by atoms with Crippen LogP contribution in [0.25, 0.3) is 0 Å². The summed E-state index contributed by atoms with van der Waals surface area (Å²) < 4.78 is 51.0. The van der Waals surface area contributed by atoms with Gasteiger partial charge in [0, 0.05) is 13.7 Å². The van der Waals surface area contributed by atoms with Crippen LogP contribution in [0.1, 0.15) is 18.6 Å². The van der Waals surface area contributed by atoms with E-state index < -0.39 is 21.9 Å². The highest BCUT2D eigenvalue weighted by atomic mass is 32.2. The summed E-state index contributed by atoms with van der Waals surface area (Å²) >= 11 is 0. The summed E-state index contributed by atoms with van der Waals surface area (Å²) in [7, 11) is -2.25. The molecule has 0 aliphatic carbocycles. The summed E-state index contributed by atoms with van der Waals surface area (Å²) in [6, 6.07) is 12.0. The van der Waals surface area contributed by atoms with Gasteiger partial charge in [-0.25, -0.2) is 17.5 Å². The van der Waals surface area contributed by atoms with Gasteiger partial charge in [0.25, 0.3) is 0 Å². The number of hydrogen-bond donors (Lipinski definition) is 1. The molecule has 0 heterocycles. The number of nitrogens with one attached hydrogen (secondary N) is 1. The van der Waals surface area contributed by atoms with Crippen LogP contribution in [-0.2, 0) is 14.8 Å². The van der Waals surface area contributed by atoms with Gasteiger partial charge in [-0.05, 0) is 48.9 Å². The Bertz CT molecular complexity index is 762. The smallest absolute Gasteiger partial charge is 0.240 e. The Balaban J connectivity index is 2.08. The van der Waals surface area contributed by atoms with E-state index in [0.29, 0.717) is 17.9 Å². The van der Waals surface area contributed by atoms with Gasteiger partial charge in [-0.1, -0.05) is 12.1 Å². The predicted octanol–water partition coefficient (Wildman–Crippen LogP) is 2.89. The molecule has 2 aromatic carbocycles. The van der Waals surface area contributed by atoms with Crippen molar-refractivity contribution in [2.24, 2.45) is 0 Å². The largest absolute Gasteiger partial charge is 0.494 e. The molecule has 0 fully saturated rings. The lowest BCUT2D eigenvalue weighted by atomic mass is 10.1. The lowest BCUT2D eigenvalue weighted by molar-refractivity contribution is 0.107. The van der Waals surface area contributed by atoms with Crippen LogP contribution in [0.4, 0.5) is 4.39 Å². The topological polar surface area (TPSA) is 64.6 Å². The molecule has 2 rings (SSSR count). The van der Waals surface area contributed by atoms with E-state index in [1.807, 2.05) is 6.92 Å². The van der Waals surface area contributed by atoms with Gasteiger partial charge >= 0.3 is 0 Å². The first kappa shape index (κ1) is 18.4. The second-order valence-corrected chi connectivity index (χ2v) is 6.80. The monoisotopic (exact) mass is 353 g/mol. The molecule has 0 aromatic heterocycles. The van der Waals surface area contributed by atoms with Crippen molar-refractivity contribution in [1.82, 2.24) is 4.72 Å². The molecule has 0 spiro atoms. The fourth-order valence-corrected chi connectivity index (χ4v) is 3.23. The first-order valence-electron chi connectivity index (χ1n) is 7.47. The van der Waals surface area contributed by atoms with Crippen LogP contribution >= 0.6 is 0 Å². The molecule has 0 radical (unpaired) electrons. The number of methoxy groups -OCH3 is 1. The molecule has 5 nitrogen and oxygen atoms in total. The van der Waals surface area contributed by atoms with E-state index in [-0.39, 0.29) is 11.4 Å². The molecular weight excluding hydrogens is 333 g/mol. The van der Waals surface area contributed by atoms with Crippen molar-refractivity contribution in [2.45, 2.75) is 17.9 Å². The summed E-state index contributed by atoms with van der Waals surface area (Å²) in [5.41, 5.74) is 0.562. The van der Waals surface area contributed by atoms with E-state index in [1.165, 1.54) is 31.4 Å². The first-order valence-corrected chi connectivity index (χ1v) is 8.95. The second kappa shape index (κ2) is 8.23. The Hall–Kier alpha value is -1.96. The van der Waals surface area contributed by atoms with Crippen LogP contribution in [0.5, 0.6) is 5.75 Å². The van der Waals surface area contributed by atoms with Gasteiger partial charge in [0.1, 0.15) is 11.6 Å². The molecule has 0 aliphatic rings. The standard InChI is InChI=1S/C17H20FNO4S/c1-3-23-15-7-9-16(10-8-15)24(20,21)19-12-17(22-2)13-5-4-6-14(18)11-13/h4-11,17,19H,3,12H2,1-2H3. The maximum absolute atomic E-state index is 13.3. The van der Waals surface area contributed by atoms with Gasteiger partial charge in [0.2, 0.25) is 10.0 Å². The predicted molar refractivity (Wildman–Crippen MR) is 88.9 cm³/mol. The van der Waals surface area contributed by atoms with Crippen LogP contribution in [0.15, 0.2) is 53.4 Å². The zero-order valence-corrected chi connectivity index (χ0v) is 14.3. The number of halogens is 1. The fourth-order valence-electron chi connectivity index (χ4n) is 2.19. The Morgan fingerprint density at radius 1 is 1.17 bits per heavy atom. The highest BCUT2D eigenvalue weighted by Crippen LogP contribution is 2.19. The van der Waals surface area contributed by atoms with Crippen molar-refractivity contribution in [3.63, 3.8) is 0 Å². The molecule has 1 atom stereocenters. The molecule has 0 bridgehead atoms. The summed E-state index contributed by atoms with van der Waals surface area (Å²) in [5, 5.41) is 0. The molecule has 7 heteroatoms. The lowest BCUT2D eigenvalue weighted by Gasteiger charge is -2.17. The summed E-state index contributed by atoms with van der Waals surface area (Å²) in [6.07, 6.45) is -0.585. The van der Waals surface area contributed by atoms with Crippen molar-refractivity contribution in [3.8, 4) is 5.75 Å². The minimum atomic E-state index is -3.69. The highest BCUT2D eigenvalue weighted by Gasteiger charge is 2.18. The van der Waals surface area contributed by atoms with Crippen LogP contribution in [0, 0.1) is 5.82 Å². The SMILES string of the molecule is CCOc1ccc(S(=O)(=O)NCC(OC)c2cccc(F)c2)cc1. The van der Waals surface area contributed by atoms with Crippen molar-refractivity contribution < 1.29 is 22.3 Å². The molecule has 0 aliphatic heterocycles. The van der Waals surface area contributed by atoms with Crippen LogP contribution < -0.4 is 9.46 Å². The molecule has 1 unspecified atom stereocenters. The zero-order valence-electron chi connectivity index (χ0n) is 13.5. The van der Waals surface area contributed by atoms with Gasteiger partial charge in [0.05, 0.1) is 17.6 Å². The molecular formula is C17H20FNO4S. The molecule has 0 saturated heterocycles. The maximum atomic E-state index is 13.3. The van der Waals surface area contributed by atoms with Crippen LogP contribution in [-0.4, -0.2) is 28.7 Å². The van der Waals surface area contributed by atoms with E-state index >= 15 is 0 Å². The van der Waals surface area contributed by atoms with Gasteiger partial charge in [-0.15, -0.1) is 0 Å². The quantitative estimate of drug-likeness (QED) is 0.793. The molecule has 24 heavy (non-hydrogen) atoms. The molecule has 0 saturated carbocycles. The van der Waals surface area contributed by atoms with E-state index in [1.54, 1.807) is 24.3 Å². The highest BCUT2D eigenvalue weighted by molar-refractivity contribution is 7.89. The minimum absolute atomic E-state index is 0.00447. The number of ether oxygens (including phenoxy) is 2. The van der Waals surface area contributed by atoms with E-state index in [0.717, 1.165) is 0 Å². The third-order valence-electron chi connectivity index (χ3n) is 3.41. The maximum Gasteiger partial charge on any atom is 0.240 e. The molecule has 2 aromatic rings. The third-order valence-corrected chi connectivity index (χ3v) is 4.85. The molecule has 0 amide bonds. The van der Waals surface area contributed by atoms with E-state index in [9.17, 15) is 12.8 Å². The Labute approximate surface area is 141 Å². The minimum Gasteiger partial charge on any atom is -0.494 e. The van der Waals surface area contributed by atoms with Gasteiger partial charge in [-0.3, -0.25) is 0 Å². The zero-order chi connectivity index (χ0) is 17.6. The summed E-state index contributed by atoms with van der Waals surface area (Å²) in [4.78, 5) is 0.125. The molecule has 1 N–H and O–H groups in total. The summed E-state index contributed by atoms with van der Waals surface area (Å²) in [5.74, 6) is 0.204. The third kappa shape index (κ3) is 4.77. The number of rotatable bonds is 8. The van der Waals surface area contributed by atoms with Gasteiger partial charge in [0.15, 0.2) is 0 Å². The van der Waals surface area contributed by atoms with Crippen LogP contribution in [0.3, 0.4) is 0 Å². The summed E-state index contributed by atoms with van der Waals surface area (Å²) in [6.45, 7) is 2.35. The first-order chi connectivity index (χ1) is 11.5. The number of benzene rings is 2.